The van der Waals surface area contributed by atoms with Crippen molar-refractivity contribution in [2.45, 2.75) is 65.1 Å². The van der Waals surface area contributed by atoms with Gasteiger partial charge >= 0.3 is 0 Å². The maximum absolute atomic E-state index is 14.0. The van der Waals surface area contributed by atoms with E-state index in [0.717, 1.165) is 18.2 Å². The van der Waals surface area contributed by atoms with E-state index in [-0.39, 0.29) is 43.8 Å². The zero-order valence-corrected chi connectivity index (χ0v) is 28.0. The van der Waals surface area contributed by atoms with Crippen molar-refractivity contribution < 1.29 is 22.7 Å². The Balaban J connectivity index is 1.93. The lowest BCUT2D eigenvalue weighted by atomic mass is 10.0. The number of sulfonamides is 1. The van der Waals surface area contributed by atoms with Crippen LogP contribution in [0.4, 0.5) is 5.69 Å². The summed E-state index contributed by atoms with van der Waals surface area (Å²) in [4.78, 5) is 29.3. The number of hydrogen-bond acceptors (Lipinski definition) is 5. The number of nitrogens with one attached hydrogen (secondary N) is 1. The lowest BCUT2D eigenvalue weighted by molar-refractivity contribution is -0.141. The molecule has 0 saturated heterocycles. The van der Waals surface area contributed by atoms with Crippen molar-refractivity contribution >= 4 is 50.7 Å². The normalized spacial score (nSPS) is 12.7. The van der Waals surface area contributed by atoms with Gasteiger partial charge < -0.3 is 15.0 Å². The summed E-state index contributed by atoms with van der Waals surface area (Å²) in [6.45, 7) is 6.27. The van der Waals surface area contributed by atoms with Crippen LogP contribution in [0.3, 0.4) is 0 Å². The standard InChI is InChI=1S/C33H41Cl2N3O5S/c1-5-24(3)36-33(40)30(22-25-13-8-7-9-14-25)37(23-26-18-19-27(34)28(35)21-26)32(39)17-12-20-38(44(4,41)42)29-15-10-11-16-31(29)43-6-2/h7-11,13-16,18-19,21,24,30H,5-6,12,17,20,22-23H2,1-4H3,(H,36,40)/t24-,30+/m0/s1. The molecule has 3 aromatic carbocycles. The highest BCUT2D eigenvalue weighted by atomic mass is 35.5. The Bertz CT molecular complexity index is 1500. The van der Waals surface area contributed by atoms with Gasteiger partial charge in [-0.3, -0.25) is 13.9 Å². The van der Waals surface area contributed by atoms with Gasteiger partial charge in [0.05, 0.1) is 28.6 Å². The SMILES string of the molecule is CCOc1ccccc1N(CCCC(=O)N(Cc1ccc(Cl)c(Cl)c1)[C@H](Cc1ccccc1)C(=O)N[C@@H](C)CC)S(C)(=O)=O. The topological polar surface area (TPSA) is 96.0 Å². The quantitative estimate of drug-likeness (QED) is 0.189. The average molecular weight is 663 g/mol. The molecule has 44 heavy (non-hydrogen) atoms. The molecule has 0 aliphatic rings. The van der Waals surface area contributed by atoms with E-state index in [4.69, 9.17) is 27.9 Å². The molecular formula is C33H41Cl2N3O5S. The van der Waals surface area contributed by atoms with Crippen LogP contribution >= 0.6 is 23.2 Å². The first-order valence-corrected chi connectivity index (χ1v) is 17.3. The summed E-state index contributed by atoms with van der Waals surface area (Å²) in [6.07, 6.45) is 2.38. The van der Waals surface area contributed by atoms with Gasteiger partial charge in [-0.25, -0.2) is 8.42 Å². The summed E-state index contributed by atoms with van der Waals surface area (Å²) in [5.74, 6) is -0.111. The number of amides is 2. The summed E-state index contributed by atoms with van der Waals surface area (Å²) < 4.78 is 32.6. The minimum atomic E-state index is -3.68. The van der Waals surface area contributed by atoms with Gasteiger partial charge in [-0.15, -0.1) is 0 Å². The molecule has 0 saturated carbocycles. The third-order valence-electron chi connectivity index (χ3n) is 7.20. The third kappa shape index (κ3) is 10.1. The molecule has 0 bridgehead atoms. The molecule has 0 aliphatic heterocycles. The first-order valence-electron chi connectivity index (χ1n) is 14.7. The predicted octanol–water partition coefficient (Wildman–Crippen LogP) is 6.49. The van der Waals surface area contributed by atoms with Crippen molar-refractivity contribution in [2.24, 2.45) is 0 Å². The van der Waals surface area contributed by atoms with E-state index in [1.807, 2.05) is 51.1 Å². The molecule has 1 N–H and O–H groups in total. The summed E-state index contributed by atoms with van der Waals surface area (Å²) in [6, 6.07) is 20.6. The van der Waals surface area contributed by atoms with E-state index < -0.39 is 16.1 Å². The highest BCUT2D eigenvalue weighted by molar-refractivity contribution is 7.92. The highest BCUT2D eigenvalue weighted by Gasteiger charge is 2.31. The molecule has 0 fully saturated rings. The largest absolute Gasteiger partial charge is 0.492 e. The van der Waals surface area contributed by atoms with Gasteiger partial charge in [0.1, 0.15) is 11.8 Å². The zero-order chi connectivity index (χ0) is 32.3. The van der Waals surface area contributed by atoms with Gasteiger partial charge in [-0.2, -0.15) is 0 Å². The van der Waals surface area contributed by atoms with Gasteiger partial charge in [0.2, 0.25) is 21.8 Å². The minimum Gasteiger partial charge on any atom is -0.492 e. The maximum Gasteiger partial charge on any atom is 0.243 e. The Morgan fingerprint density at radius 3 is 2.25 bits per heavy atom. The summed E-state index contributed by atoms with van der Waals surface area (Å²) in [5.41, 5.74) is 2.02. The summed E-state index contributed by atoms with van der Waals surface area (Å²) >= 11 is 12.5. The number of ether oxygens (including phenoxy) is 1. The molecule has 2 atom stereocenters. The number of para-hydroxylation sites is 2. The second-order valence-corrected chi connectivity index (χ2v) is 13.4. The number of benzene rings is 3. The molecule has 11 heteroatoms. The Kier molecular flexibility index (Phi) is 13.4. The number of hydrogen-bond donors (Lipinski definition) is 1. The molecule has 0 spiro atoms. The highest BCUT2D eigenvalue weighted by Crippen LogP contribution is 2.30. The van der Waals surface area contributed by atoms with Gasteiger partial charge in [-0.05, 0) is 62.1 Å². The van der Waals surface area contributed by atoms with Crippen LogP contribution in [0.15, 0.2) is 72.8 Å². The van der Waals surface area contributed by atoms with Crippen molar-refractivity contribution in [2.75, 3.05) is 23.7 Å². The molecule has 3 aromatic rings. The van der Waals surface area contributed by atoms with E-state index in [0.29, 0.717) is 40.1 Å². The van der Waals surface area contributed by atoms with Gasteiger partial charge in [0, 0.05) is 32.0 Å². The lowest BCUT2D eigenvalue weighted by Crippen LogP contribution is -2.52. The van der Waals surface area contributed by atoms with Crippen LogP contribution in [0.2, 0.25) is 10.0 Å². The second kappa shape index (κ2) is 16.7. The lowest BCUT2D eigenvalue weighted by Gasteiger charge is -2.33. The van der Waals surface area contributed by atoms with Gasteiger partial charge in [0.15, 0.2) is 0 Å². The Hall–Kier alpha value is -3.27. The van der Waals surface area contributed by atoms with Crippen LogP contribution in [-0.2, 0) is 32.6 Å². The molecule has 0 heterocycles. The molecular weight excluding hydrogens is 621 g/mol. The van der Waals surface area contributed by atoms with Gasteiger partial charge in [-0.1, -0.05) is 78.7 Å². The van der Waals surface area contributed by atoms with E-state index in [1.54, 1.807) is 47.4 Å². The number of rotatable bonds is 16. The number of halogens is 2. The number of carbonyl (C=O) groups is 2. The van der Waals surface area contributed by atoms with E-state index in [2.05, 4.69) is 5.32 Å². The number of anilines is 1. The smallest absolute Gasteiger partial charge is 0.243 e. The van der Waals surface area contributed by atoms with Crippen molar-refractivity contribution in [1.29, 1.82) is 0 Å². The van der Waals surface area contributed by atoms with Crippen LogP contribution in [0.1, 0.15) is 51.2 Å². The van der Waals surface area contributed by atoms with E-state index in [1.165, 1.54) is 4.31 Å². The van der Waals surface area contributed by atoms with Crippen LogP contribution in [0, 0.1) is 0 Å². The third-order valence-corrected chi connectivity index (χ3v) is 9.11. The minimum absolute atomic E-state index is 0.00600. The zero-order valence-electron chi connectivity index (χ0n) is 25.6. The fourth-order valence-corrected chi connectivity index (χ4v) is 6.04. The first kappa shape index (κ1) is 35.2. The Morgan fingerprint density at radius 1 is 0.932 bits per heavy atom. The van der Waals surface area contributed by atoms with Gasteiger partial charge in [0.25, 0.3) is 0 Å². The molecule has 238 valence electrons. The van der Waals surface area contributed by atoms with Crippen LogP contribution in [-0.4, -0.2) is 56.6 Å². The van der Waals surface area contributed by atoms with Crippen molar-refractivity contribution in [3.05, 3.63) is 94.0 Å². The molecule has 0 radical (unpaired) electrons. The molecule has 0 aliphatic carbocycles. The second-order valence-electron chi connectivity index (χ2n) is 10.6. The molecule has 0 aromatic heterocycles. The summed E-state index contributed by atoms with van der Waals surface area (Å²) in [5, 5.41) is 3.77. The van der Waals surface area contributed by atoms with Crippen molar-refractivity contribution in [1.82, 2.24) is 10.2 Å². The number of nitrogens with zero attached hydrogens (tertiary/aromatic N) is 2. The number of carbonyl (C=O) groups excluding carboxylic acids is 2. The first-order chi connectivity index (χ1) is 20.9. The molecule has 3 rings (SSSR count). The molecule has 8 nitrogen and oxygen atoms in total. The monoisotopic (exact) mass is 661 g/mol. The van der Waals surface area contributed by atoms with Crippen molar-refractivity contribution in [3.8, 4) is 5.75 Å². The van der Waals surface area contributed by atoms with Crippen molar-refractivity contribution in [3.63, 3.8) is 0 Å². The van der Waals surface area contributed by atoms with E-state index in [9.17, 15) is 18.0 Å². The maximum atomic E-state index is 14.0. The fraction of sp³-hybridized carbons (Fsp3) is 0.394. The van der Waals surface area contributed by atoms with Crippen LogP contribution in [0.5, 0.6) is 5.75 Å². The summed E-state index contributed by atoms with van der Waals surface area (Å²) in [7, 11) is -3.68. The van der Waals surface area contributed by atoms with Crippen LogP contribution in [0.25, 0.3) is 0 Å². The Labute approximate surface area is 271 Å². The van der Waals surface area contributed by atoms with E-state index >= 15 is 0 Å². The predicted molar refractivity (Wildman–Crippen MR) is 178 cm³/mol. The molecule has 0 unspecified atom stereocenters. The van der Waals surface area contributed by atoms with Crippen LogP contribution < -0.4 is 14.4 Å². The molecule has 2 amide bonds. The average Bonchev–Trinajstić information content (AvgIpc) is 2.99. The Morgan fingerprint density at radius 2 is 1.61 bits per heavy atom. The fourth-order valence-electron chi connectivity index (χ4n) is 4.75.